The van der Waals surface area contributed by atoms with Gasteiger partial charge in [0.25, 0.3) is 0 Å². The molecule has 1 unspecified atom stereocenters. The lowest BCUT2D eigenvalue weighted by Crippen LogP contribution is -2.36. The highest BCUT2D eigenvalue weighted by Crippen LogP contribution is 2.41. The third-order valence-electron chi connectivity index (χ3n) is 5.86. The molecule has 1 atom stereocenters. The summed E-state index contributed by atoms with van der Waals surface area (Å²) in [6, 6.07) is 6.13. The first-order valence-corrected chi connectivity index (χ1v) is 10.9. The zero-order valence-electron chi connectivity index (χ0n) is 15.3. The number of thiophene rings is 1. The Balaban J connectivity index is 1.68. The molecule has 7 heteroatoms. The second-order valence-corrected chi connectivity index (χ2v) is 8.72. The maximum Gasteiger partial charge on any atom is 0.326 e. The van der Waals surface area contributed by atoms with Crippen LogP contribution in [0.1, 0.15) is 36.8 Å². The van der Waals surface area contributed by atoms with Crippen LogP contribution in [-0.4, -0.2) is 33.6 Å². The molecule has 3 heterocycles. The first kappa shape index (κ1) is 17.9. The van der Waals surface area contributed by atoms with E-state index >= 15 is 0 Å². The summed E-state index contributed by atoms with van der Waals surface area (Å²) < 4.78 is 0. The van der Waals surface area contributed by atoms with Crippen molar-refractivity contribution in [3.8, 4) is 11.1 Å². The second-order valence-electron chi connectivity index (χ2n) is 7.53. The van der Waals surface area contributed by atoms with Crippen LogP contribution in [0.5, 0.6) is 0 Å². The lowest BCUT2D eigenvalue weighted by atomic mass is 9.89. The number of benzene rings is 1. The van der Waals surface area contributed by atoms with Gasteiger partial charge in [-0.25, -0.2) is 9.78 Å². The molecule has 1 aliphatic carbocycles. The Labute approximate surface area is 172 Å². The number of carbonyl (C=O) groups is 1. The van der Waals surface area contributed by atoms with Crippen LogP contribution in [-0.2, 0) is 17.6 Å². The Morgan fingerprint density at radius 3 is 2.82 bits per heavy atom. The van der Waals surface area contributed by atoms with Crippen molar-refractivity contribution in [2.24, 2.45) is 0 Å². The van der Waals surface area contributed by atoms with Gasteiger partial charge in [0.2, 0.25) is 5.28 Å². The Bertz CT molecular complexity index is 1080. The maximum absolute atomic E-state index is 11.7. The highest BCUT2D eigenvalue weighted by atomic mass is 35.5. The van der Waals surface area contributed by atoms with E-state index in [4.69, 9.17) is 11.6 Å². The zero-order valence-corrected chi connectivity index (χ0v) is 16.9. The molecular weight excluding hydrogens is 394 g/mol. The Morgan fingerprint density at radius 2 is 2.00 bits per heavy atom. The number of carboxylic acids is 1. The molecule has 2 aromatic heterocycles. The second kappa shape index (κ2) is 7.01. The standard InChI is InChI=1S/C21H20ClN3O2S/c22-21-23-18(25-9-3-6-16(25)20(26)27)17-15(11-28-19(17)24-21)14-8-7-12-4-1-2-5-13(12)10-14/h7-8,10-11,16H,1-6,9H2,(H,26,27). The number of carboxylic acid groups (broad SMARTS) is 1. The fourth-order valence-corrected chi connectivity index (χ4v) is 5.65. The van der Waals surface area contributed by atoms with Crippen molar-refractivity contribution in [1.82, 2.24) is 9.97 Å². The molecule has 1 N–H and O–H groups in total. The van der Waals surface area contributed by atoms with Gasteiger partial charge >= 0.3 is 5.97 Å². The minimum atomic E-state index is -0.814. The quantitative estimate of drug-likeness (QED) is 0.616. The largest absolute Gasteiger partial charge is 0.480 e. The molecule has 0 saturated carbocycles. The lowest BCUT2D eigenvalue weighted by molar-refractivity contribution is -0.138. The van der Waals surface area contributed by atoms with Crippen LogP contribution in [0.25, 0.3) is 21.3 Å². The van der Waals surface area contributed by atoms with Crippen LogP contribution in [0.15, 0.2) is 23.6 Å². The molecule has 2 aliphatic rings. The molecule has 3 aromatic rings. The van der Waals surface area contributed by atoms with Crippen LogP contribution in [0.2, 0.25) is 5.28 Å². The highest BCUT2D eigenvalue weighted by molar-refractivity contribution is 7.17. The molecule has 5 rings (SSSR count). The predicted molar refractivity (Wildman–Crippen MR) is 113 cm³/mol. The van der Waals surface area contributed by atoms with Crippen LogP contribution >= 0.6 is 22.9 Å². The molecule has 28 heavy (non-hydrogen) atoms. The van der Waals surface area contributed by atoms with E-state index in [1.54, 1.807) is 0 Å². The molecular formula is C21H20ClN3O2S. The lowest BCUT2D eigenvalue weighted by Gasteiger charge is -2.24. The molecule has 1 aromatic carbocycles. The summed E-state index contributed by atoms with van der Waals surface area (Å²) in [6.07, 6.45) is 6.22. The third-order valence-corrected chi connectivity index (χ3v) is 6.90. The van der Waals surface area contributed by atoms with Crippen LogP contribution in [0.3, 0.4) is 0 Å². The summed E-state index contributed by atoms with van der Waals surface area (Å²) in [6.45, 7) is 0.666. The van der Waals surface area contributed by atoms with Gasteiger partial charge in [-0.2, -0.15) is 4.98 Å². The van der Waals surface area contributed by atoms with Crippen LogP contribution in [0, 0.1) is 0 Å². The van der Waals surface area contributed by atoms with E-state index in [-0.39, 0.29) is 5.28 Å². The number of rotatable bonds is 3. The monoisotopic (exact) mass is 413 g/mol. The van der Waals surface area contributed by atoms with Crippen molar-refractivity contribution in [2.75, 3.05) is 11.4 Å². The number of aromatic nitrogens is 2. The minimum Gasteiger partial charge on any atom is -0.480 e. The Hall–Kier alpha value is -2.18. The number of anilines is 1. The van der Waals surface area contributed by atoms with Crippen molar-refractivity contribution >= 4 is 44.9 Å². The van der Waals surface area contributed by atoms with Gasteiger partial charge in [-0.05, 0) is 66.8 Å². The Morgan fingerprint density at radius 1 is 1.18 bits per heavy atom. The summed E-state index contributed by atoms with van der Waals surface area (Å²) in [5.74, 6) is -0.167. The van der Waals surface area contributed by atoms with E-state index in [1.807, 2.05) is 4.90 Å². The number of halogens is 1. The first-order valence-electron chi connectivity index (χ1n) is 9.68. The number of aryl methyl sites for hydroxylation is 2. The van der Waals surface area contributed by atoms with Gasteiger partial charge in [0.15, 0.2) is 0 Å². The summed E-state index contributed by atoms with van der Waals surface area (Å²) >= 11 is 7.72. The molecule has 0 radical (unpaired) electrons. The number of hydrogen-bond donors (Lipinski definition) is 1. The number of aliphatic carboxylic acids is 1. The molecule has 144 valence electrons. The highest BCUT2D eigenvalue weighted by Gasteiger charge is 2.33. The van der Waals surface area contributed by atoms with E-state index in [0.717, 1.165) is 40.6 Å². The van der Waals surface area contributed by atoms with Gasteiger partial charge in [0.1, 0.15) is 16.7 Å². The average Bonchev–Trinajstić information content (AvgIpc) is 3.34. The summed E-state index contributed by atoms with van der Waals surface area (Å²) in [7, 11) is 0. The molecule has 1 fully saturated rings. The topological polar surface area (TPSA) is 66.3 Å². The zero-order chi connectivity index (χ0) is 19.3. The molecule has 1 aliphatic heterocycles. The predicted octanol–water partition coefficient (Wildman–Crippen LogP) is 4.94. The summed E-state index contributed by atoms with van der Waals surface area (Å²) in [5, 5.41) is 12.8. The van der Waals surface area contributed by atoms with Crippen LogP contribution in [0.4, 0.5) is 5.82 Å². The van der Waals surface area contributed by atoms with E-state index in [2.05, 4.69) is 33.5 Å². The van der Waals surface area contributed by atoms with Crippen molar-refractivity contribution in [3.05, 3.63) is 40.0 Å². The summed E-state index contributed by atoms with van der Waals surface area (Å²) in [5.41, 5.74) is 5.07. The minimum absolute atomic E-state index is 0.164. The van der Waals surface area contributed by atoms with Gasteiger partial charge in [-0.3, -0.25) is 0 Å². The van der Waals surface area contributed by atoms with Crippen molar-refractivity contribution in [2.45, 2.75) is 44.6 Å². The van der Waals surface area contributed by atoms with Crippen molar-refractivity contribution < 1.29 is 9.90 Å². The van der Waals surface area contributed by atoms with E-state index in [0.29, 0.717) is 18.8 Å². The van der Waals surface area contributed by atoms with E-state index in [9.17, 15) is 9.90 Å². The normalized spacial score (nSPS) is 19.2. The fraction of sp³-hybridized carbons (Fsp3) is 0.381. The number of nitrogens with zero attached hydrogens (tertiary/aromatic N) is 3. The maximum atomic E-state index is 11.7. The van der Waals surface area contributed by atoms with Gasteiger partial charge in [0, 0.05) is 17.5 Å². The van der Waals surface area contributed by atoms with Crippen molar-refractivity contribution in [1.29, 1.82) is 0 Å². The van der Waals surface area contributed by atoms with E-state index < -0.39 is 12.0 Å². The van der Waals surface area contributed by atoms with Crippen LogP contribution < -0.4 is 4.90 Å². The number of hydrogen-bond acceptors (Lipinski definition) is 5. The summed E-state index contributed by atoms with van der Waals surface area (Å²) in [4.78, 5) is 23.3. The average molecular weight is 414 g/mol. The first-order chi connectivity index (χ1) is 13.6. The van der Waals surface area contributed by atoms with Crippen molar-refractivity contribution in [3.63, 3.8) is 0 Å². The molecule has 5 nitrogen and oxygen atoms in total. The van der Waals surface area contributed by atoms with E-state index in [1.165, 1.54) is 35.3 Å². The van der Waals surface area contributed by atoms with Gasteiger partial charge in [-0.15, -0.1) is 11.3 Å². The number of fused-ring (bicyclic) bond motifs is 2. The SMILES string of the molecule is O=C(O)C1CCCN1c1nc(Cl)nc2scc(-c3ccc4c(c3)CCCC4)c12. The molecule has 1 saturated heterocycles. The molecule has 0 spiro atoms. The molecule has 0 amide bonds. The van der Waals surface area contributed by atoms with Gasteiger partial charge < -0.3 is 10.0 Å². The Kier molecular flexibility index (Phi) is 4.48. The van der Waals surface area contributed by atoms with Gasteiger partial charge in [-0.1, -0.05) is 18.2 Å². The van der Waals surface area contributed by atoms with Gasteiger partial charge in [0.05, 0.1) is 5.39 Å². The smallest absolute Gasteiger partial charge is 0.326 e. The third kappa shape index (κ3) is 2.95. The fourth-order valence-electron chi connectivity index (χ4n) is 4.50. The molecule has 0 bridgehead atoms.